The second-order valence-electron chi connectivity index (χ2n) is 4.81. The van der Waals surface area contributed by atoms with Crippen LogP contribution in [-0.4, -0.2) is 42.6 Å². The van der Waals surface area contributed by atoms with E-state index in [2.05, 4.69) is 5.16 Å². The molecular formula is C15H15ClN2O4. The third kappa shape index (κ3) is 3.28. The van der Waals surface area contributed by atoms with Gasteiger partial charge in [-0.3, -0.25) is 4.79 Å². The summed E-state index contributed by atoms with van der Waals surface area (Å²) in [6, 6.07) is 6.95. The number of amides is 1. The zero-order valence-corrected chi connectivity index (χ0v) is 13.2. The van der Waals surface area contributed by atoms with Gasteiger partial charge < -0.3 is 14.2 Å². The molecule has 116 valence electrons. The van der Waals surface area contributed by atoms with Crippen LogP contribution >= 0.6 is 11.6 Å². The number of benzene rings is 1. The second-order valence-corrected chi connectivity index (χ2v) is 5.21. The third-order valence-electron chi connectivity index (χ3n) is 3.02. The summed E-state index contributed by atoms with van der Waals surface area (Å²) in [5.74, 6) is -0.692. The molecule has 1 amide bonds. The molecule has 0 aliphatic carbocycles. The summed E-state index contributed by atoms with van der Waals surface area (Å²) in [5, 5.41) is 4.31. The molecule has 0 N–H and O–H groups in total. The van der Waals surface area contributed by atoms with Gasteiger partial charge in [-0.25, -0.2) is 4.79 Å². The molecule has 0 bridgehead atoms. The Kier molecular flexibility index (Phi) is 4.82. The number of aromatic nitrogens is 1. The first-order valence-electron chi connectivity index (χ1n) is 6.50. The van der Waals surface area contributed by atoms with Crippen LogP contribution in [0.15, 0.2) is 28.8 Å². The van der Waals surface area contributed by atoms with E-state index < -0.39 is 5.97 Å². The highest BCUT2D eigenvalue weighted by Gasteiger charge is 2.24. The number of hydrogen-bond acceptors (Lipinski definition) is 5. The summed E-state index contributed by atoms with van der Waals surface area (Å²) >= 11 is 6.12. The van der Waals surface area contributed by atoms with Crippen LogP contribution < -0.4 is 0 Å². The van der Waals surface area contributed by atoms with Gasteiger partial charge in [0.15, 0.2) is 6.61 Å². The van der Waals surface area contributed by atoms with Crippen LogP contribution in [0, 0.1) is 6.92 Å². The Morgan fingerprint density at radius 1 is 1.32 bits per heavy atom. The topological polar surface area (TPSA) is 72.6 Å². The molecule has 0 atom stereocenters. The summed E-state index contributed by atoms with van der Waals surface area (Å²) < 4.78 is 10.1. The second kappa shape index (κ2) is 6.62. The Bertz CT molecular complexity index is 709. The number of carbonyl (C=O) groups excluding carboxylic acids is 2. The Morgan fingerprint density at radius 2 is 2.00 bits per heavy atom. The number of ether oxygens (including phenoxy) is 1. The largest absolute Gasteiger partial charge is 0.452 e. The molecule has 2 rings (SSSR count). The van der Waals surface area contributed by atoms with Crippen molar-refractivity contribution in [1.29, 1.82) is 0 Å². The fourth-order valence-electron chi connectivity index (χ4n) is 1.78. The quantitative estimate of drug-likeness (QED) is 0.809. The van der Waals surface area contributed by atoms with Crippen LogP contribution in [-0.2, 0) is 9.53 Å². The summed E-state index contributed by atoms with van der Waals surface area (Å²) in [6.45, 7) is 1.25. The molecule has 0 saturated carbocycles. The Hall–Kier alpha value is -2.34. The number of carbonyl (C=O) groups is 2. The summed E-state index contributed by atoms with van der Waals surface area (Å²) in [7, 11) is 3.16. The van der Waals surface area contributed by atoms with E-state index in [0.29, 0.717) is 22.0 Å². The molecule has 0 saturated heterocycles. The number of nitrogens with zero attached hydrogens (tertiary/aromatic N) is 2. The minimum Gasteiger partial charge on any atom is -0.452 e. The van der Waals surface area contributed by atoms with E-state index in [4.69, 9.17) is 20.9 Å². The first-order valence-corrected chi connectivity index (χ1v) is 6.88. The molecule has 0 aliphatic heterocycles. The van der Waals surface area contributed by atoms with E-state index >= 15 is 0 Å². The average molecular weight is 323 g/mol. The maximum Gasteiger partial charge on any atom is 0.344 e. The van der Waals surface area contributed by atoms with Crippen molar-refractivity contribution < 1.29 is 18.8 Å². The van der Waals surface area contributed by atoms with Gasteiger partial charge in [0.25, 0.3) is 5.91 Å². The Balaban J connectivity index is 2.29. The van der Waals surface area contributed by atoms with Crippen molar-refractivity contribution in [1.82, 2.24) is 10.1 Å². The highest BCUT2D eigenvalue weighted by molar-refractivity contribution is 6.33. The minimum atomic E-state index is -0.677. The lowest BCUT2D eigenvalue weighted by molar-refractivity contribution is -0.131. The first-order chi connectivity index (χ1) is 10.4. The van der Waals surface area contributed by atoms with Crippen LogP contribution in [0.4, 0.5) is 0 Å². The molecule has 0 radical (unpaired) electrons. The summed E-state index contributed by atoms with van der Waals surface area (Å²) in [4.78, 5) is 25.1. The molecule has 7 heteroatoms. The van der Waals surface area contributed by atoms with Gasteiger partial charge in [-0.05, 0) is 13.0 Å². The average Bonchev–Trinajstić information content (AvgIpc) is 2.86. The zero-order valence-electron chi connectivity index (χ0n) is 12.4. The number of likely N-dealkylation sites (N-methyl/N-ethyl adjacent to an activating group) is 1. The number of esters is 1. The molecule has 0 fully saturated rings. The van der Waals surface area contributed by atoms with Crippen molar-refractivity contribution in [2.75, 3.05) is 20.7 Å². The fraction of sp³-hybridized carbons (Fsp3) is 0.267. The molecule has 22 heavy (non-hydrogen) atoms. The van der Waals surface area contributed by atoms with E-state index in [0.717, 1.165) is 0 Å². The lowest BCUT2D eigenvalue weighted by Crippen LogP contribution is -2.27. The monoisotopic (exact) mass is 322 g/mol. The smallest absolute Gasteiger partial charge is 0.344 e. The van der Waals surface area contributed by atoms with E-state index in [1.54, 1.807) is 45.3 Å². The molecule has 1 aromatic carbocycles. The zero-order chi connectivity index (χ0) is 16.3. The van der Waals surface area contributed by atoms with Gasteiger partial charge in [-0.2, -0.15) is 0 Å². The van der Waals surface area contributed by atoms with E-state index in [1.165, 1.54) is 4.90 Å². The van der Waals surface area contributed by atoms with Crippen LogP contribution in [0.25, 0.3) is 11.3 Å². The molecule has 0 spiro atoms. The molecule has 1 aromatic heterocycles. The third-order valence-corrected chi connectivity index (χ3v) is 3.35. The van der Waals surface area contributed by atoms with Gasteiger partial charge >= 0.3 is 5.97 Å². The van der Waals surface area contributed by atoms with Crippen molar-refractivity contribution in [3.63, 3.8) is 0 Å². The van der Waals surface area contributed by atoms with E-state index in [9.17, 15) is 9.59 Å². The molecule has 6 nitrogen and oxygen atoms in total. The molecule has 0 unspecified atom stereocenters. The normalized spacial score (nSPS) is 10.4. The molecule has 2 aromatic rings. The molecule has 1 heterocycles. The number of aryl methyl sites for hydroxylation is 1. The maximum absolute atomic E-state index is 12.2. The van der Waals surface area contributed by atoms with Crippen molar-refractivity contribution in [3.8, 4) is 11.3 Å². The molecule has 0 aliphatic rings. The van der Waals surface area contributed by atoms with Gasteiger partial charge in [-0.15, -0.1) is 0 Å². The lowest BCUT2D eigenvalue weighted by atomic mass is 10.1. The number of hydrogen-bond donors (Lipinski definition) is 0. The highest BCUT2D eigenvalue weighted by Crippen LogP contribution is 2.31. The van der Waals surface area contributed by atoms with Crippen LogP contribution in [0.3, 0.4) is 0 Å². The van der Waals surface area contributed by atoms with Crippen LogP contribution in [0.5, 0.6) is 0 Å². The van der Waals surface area contributed by atoms with Crippen molar-refractivity contribution in [3.05, 3.63) is 40.6 Å². The van der Waals surface area contributed by atoms with Gasteiger partial charge in [0.1, 0.15) is 17.0 Å². The van der Waals surface area contributed by atoms with Crippen LogP contribution in [0.1, 0.15) is 16.1 Å². The van der Waals surface area contributed by atoms with E-state index in [1.807, 2.05) is 0 Å². The number of halogens is 1. The maximum atomic E-state index is 12.2. The fourth-order valence-corrected chi connectivity index (χ4v) is 2.00. The van der Waals surface area contributed by atoms with Crippen molar-refractivity contribution in [2.24, 2.45) is 0 Å². The predicted molar refractivity (Wildman–Crippen MR) is 80.7 cm³/mol. The highest BCUT2D eigenvalue weighted by atomic mass is 35.5. The van der Waals surface area contributed by atoms with E-state index in [-0.39, 0.29) is 18.1 Å². The predicted octanol–water partition coefficient (Wildman–Crippen LogP) is 2.55. The van der Waals surface area contributed by atoms with Gasteiger partial charge in [0.05, 0.1) is 5.02 Å². The standard InChI is InChI=1S/C15H15ClN2O4/c1-9-13(15(20)21-8-12(19)18(2)3)14(17-22-9)10-6-4-5-7-11(10)16/h4-7H,8H2,1-3H3. The molecular weight excluding hydrogens is 308 g/mol. The number of rotatable bonds is 4. The van der Waals surface area contributed by atoms with Crippen molar-refractivity contribution >= 4 is 23.5 Å². The minimum absolute atomic E-state index is 0.166. The van der Waals surface area contributed by atoms with Crippen molar-refractivity contribution in [2.45, 2.75) is 6.92 Å². The lowest BCUT2D eigenvalue weighted by Gasteiger charge is -2.10. The summed E-state index contributed by atoms with van der Waals surface area (Å²) in [6.07, 6.45) is 0. The van der Waals surface area contributed by atoms with Gasteiger partial charge in [0, 0.05) is 19.7 Å². The first kappa shape index (κ1) is 16.0. The Morgan fingerprint density at radius 3 is 2.64 bits per heavy atom. The van der Waals surface area contributed by atoms with Gasteiger partial charge in [0.2, 0.25) is 0 Å². The SMILES string of the molecule is Cc1onc(-c2ccccc2Cl)c1C(=O)OCC(=O)N(C)C. The summed E-state index contributed by atoms with van der Waals surface area (Å²) in [5.41, 5.74) is 1.02. The van der Waals surface area contributed by atoms with Gasteiger partial charge in [-0.1, -0.05) is 35.0 Å². The Labute approximate surface area is 132 Å². The van der Waals surface area contributed by atoms with Crippen LogP contribution in [0.2, 0.25) is 5.02 Å².